The highest BCUT2D eigenvalue weighted by Gasteiger charge is 2.29. The summed E-state index contributed by atoms with van der Waals surface area (Å²) in [7, 11) is 1.64. The van der Waals surface area contributed by atoms with Crippen molar-refractivity contribution in [1.29, 1.82) is 0 Å². The van der Waals surface area contributed by atoms with Crippen molar-refractivity contribution >= 4 is 5.91 Å². The van der Waals surface area contributed by atoms with Gasteiger partial charge in [0.05, 0.1) is 12.7 Å². The van der Waals surface area contributed by atoms with Gasteiger partial charge in [-0.05, 0) is 56.7 Å². The molecule has 0 bridgehead atoms. The highest BCUT2D eigenvalue weighted by atomic mass is 16.5. The molecule has 1 aliphatic heterocycles. The Balaban J connectivity index is 1.39. The fraction of sp³-hybridized carbons (Fsp3) is 0.720. The van der Waals surface area contributed by atoms with Crippen LogP contribution in [0.5, 0.6) is 11.5 Å². The van der Waals surface area contributed by atoms with Gasteiger partial charge in [-0.3, -0.25) is 4.79 Å². The first-order valence-corrected chi connectivity index (χ1v) is 12.1. The van der Waals surface area contributed by atoms with Crippen LogP contribution in [0.4, 0.5) is 0 Å². The second-order valence-corrected chi connectivity index (χ2v) is 9.32. The van der Waals surface area contributed by atoms with Crippen LogP contribution in [0.3, 0.4) is 0 Å². The van der Waals surface area contributed by atoms with Crippen molar-refractivity contribution in [2.75, 3.05) is 20.2 Å². The number of piperidine rings is 1. The maximum Gasteiger partial charge on any atom is 0.255 e. The zero-order valence-electron chi connectivity index (χ0n) is 18.5. The summed E-state index contributed by atoms with van der Waals surface area (Å²) in [6, 6.07) is 6.69. The molecule has 30 heavy (non-hydrogen) atoms. The van der Waals surface area contributed by atoms with Crippen LogP contribution < -0.4 is 14.8 Å². The predicted octanol–water partition coefficient (Wildman–Crippen LogP) is 4.93. The van der Waals surface area contributed by atoms with Gasteiger partial charge in [0.1, 0.15) is 17.6 Å². The minimum atomic E-state index is -0.0285. The largest absolute Gasteiger partial charge is 0.497 e. The molecule has 2 aliphatic carbocycles. The third-order valence-corrected chi connectivity index (χ3v) is 7.23. The molecule has 4 rings (SSSR count). The first-order chi connectivity index (χ1) is 14.7. The molecular weight excluding hydrogens is 376 g/mol. The average molecular weight is 415 g/mol. The number of hydrogen-bond acceptors (Lipinski definition) is 4. The van der Waals surface area contributed by atoms with Gasteiger partial charge >= 0.3 is 0 Å². The van der Waals surface area contributed by atoms with Gasteiger partial charge < -0.3 is 19.7 Å². The van der Waals surface area contributed by atoms with Crippen molar-refractivity contribution in [3.63, 3.8) is 0 Å². The maximum absolute atomic E-state index is 13.1. The van der Waals surface area contributed by atoms with E-state index in [1.165, 1.54) is 51.4 Å². The van der Waals surface area contributed by atoms with Crippen molar-refractivity contribution in [3.05, 3.63) is 23.8 Å². The Morgan fingerprint density at radius 1 is 0.933 bits per heavy atom. The molecule has 3 aliphatic rings. The summed E-state index contributed by atoms with van der Waals surface area (Å²) < 4.78 is 11.8. The number of ether oxygens (including phenoxy) is 2. The quantitative estimate of drug-likeness (QED) is 0.671. The van der Waals surface area contributed by atoms with Gasteiger partial charge in [0.15, 0.2) is 0 Å². The predicted molar refractivity (Wildman–Crippen MR) is 119 cm³/mol. The van der Waals surface area contributed by atoms with Crippen LogP contribution in [-0.4, -0.2) is 49.2 Å². The van der Waals surface area contributed by atoms with Gasteiger partial charge in [0, 0.05) is 25.2 Å². The lowest BCUT2D eigenvalue weighted by Crippen LogP contribution is -2.43. The highest BCUT2D eigenvalue weighted by molar-refractivity contribution is 5.97. The molecule has 5 heteroatoms. The van der Waals surface area contributed by atoms with Crippen molar-refractivity contribution in [2.45, 2.75) is 95.2 Å². The van der Waals surface area contributed by atoms with Crippen molar-refractivity contribution in [1.82, 2.24) is 10.2 Å². The van der Waals surface area contributed by atoms with E-state index in [1.807, 2.05) is 18.2 Å². The third-order valence-electron chi connectivity index (χ3n) is 7.23. The molecule has 0 unspecified atom stereocenters. The number of likely N-dealkylation sites (tertiary alicyclic amines) is 1. The van der Waals surface area contributed by atoms with Gasteiger partial charge in [-0.1, -0.05) is 38.5 Å². The molecule has 0 spiro atoms. The monoisotopic (exact) mass is 414 g/mol. The van der Waals surface area contributed by atoms with E-state index in [2.05, 4.69) is 10.2 Å². The molecule has 1 N–H and O–H groups in total. The van der Waals surface area contributed by atoms with Gasteiger partial charge in [0.2, 0.25) is 0 Å². The first-order valence-electron chi connectivity index (χ1n) is 12.1. The minimum Gasteiger partial charge on any atom is -0.497 e. The zero-order valence-corrected chi connectivity index (χ0v) is 18.5. The number of hydrogen-bond donors (Lipinski definition) is 1. The molecule has 1 heterocycles. The summed E-state index contributed by atoms with van der Waals surface area (Å²) in [4.78, 5) is 15.8. The molecule has 5 nitrogen and oxygen atoms in total. The van der Waals surface area contributed by atoms with Gasteiger partial charge in [-0.2, -0.15) is 0 Å². The number of benzene rings is 1. The molecular formula is C25H38N2O3. The Morgan fingerprint density at radius 3 is 2.27 bits per heavy atom. The van der Waals surface area contributed by atoms with Crippen LogP contribution in [0, 0.1) is 0 Å². The number of carbonyl (C=O) groups is 1. The molecule has 0 atom stereocenters. The molecule has 0 radical (unpaired) electrons. The Kier molecular flexibility index (Phi) is 7.53. The second-order valence-electron chi connectivity index (χ2n) is 9.32. The van der Waals surface area contributed by atoms with Gasteiger partial charge in [-0.25, -0.2) is 0 Å². The standard InChI is InChI=1S/C25H38N2O3/c1-29-22-12-13-24(23(18-22)25(28)26-19-8-4-2-3-5-9-19)30-21-14-16-27(17-15-21)20-10-6-7-11-20/h12-13,18-21H,2-11,14-17H2,1H3,(H,26,28). The van der Waals surface area contributed by atoms with E-state index >= 15 is 0 Å². The lowest BCUT2D eigenvalue weighted by molar-refractivity contribution is 0.0747. The Labute approximate surface area is 181 Å². The normalized spacial score (nSPS) is 22.6. The van der Waals surface area contributed by atoms with Gasteiger partial charge in [-0.15, -0.1) is 0 Å². The number of carbonyl (C=O) groups excluding carboxylic acids is 1. The summed E-state index contributed by atoms with van der Waals surface area (Å²) in [5.41, 5.74) is 0.608. The molecule has 1 saturated heterocycles. The van der Waals surface area contributed by atoms with Crippen LogP contribution >= 0.6 is 0 Å². The summed E-state index contributed by atoms with van der Waals surface area (Å²) in [6.07, 6.45) is 14.8. The van der Waals surface area contributed by atoms with E-state index in [0.29, 0.717) is 17.1 Å². The summed E-state index contributed by atoms with van der Waals surface area (Å²) in [5.74, 6) is 1.37. The Hall–Kier alpha value is -1.75. The summed E-state index contributed by atoms with van der Waals surface area (Å²) in [6.45, 7) is 2.21. The number of rotatable bonds is 6. The molecule has 1 amide bonds. The number of methoxy groups -OCH3 is 1. The Morgan fingerprint density at radius 2 is 1.60 bits per heavy atom. The van der Waals surface area contributed by atoms with E-state index in [9.17, 15) is 4.79 Å². The second kappa shape index (κ2) is 10.5. The van der Waals surface area contributed by atoms with E-state index in [-0.39, 0.29) is 18.1 Å². The number of amides is 1. The van der Waals surface area contributed by atoms with Crippen LogP contribution in [0.1, 0.15) is 87.4 Å². The summed E-state index contributed by atoms with van der Waals surface area (Å²) in [5, 5.41) is 3.27. The first kappa shape index (κ1) is 21.5. The van der Waals surface area contributed by atoms with Crippen LogP contribution in [0.25, 0.3) is 0 Å². The minimum absolute atomic E-state index is 0.0285. The zero-order chi connectivity index (χ0) is 20.8. The fourth-order valence-electron chi connectivity index (χ4n) is 5.41. The summed E-state index contributed by atoms with van der Waals surface area (Å²) >= 11 is 0. The lowest BCUT2D eigenvalue weighted by atomic mass is 10.0. The lowest BCUT2D eigenvalue weighted by Gasteiger charge is -2.36. The SMILES string of the molecule is COc1ccc(OC2CCN(C3CCCC3)CC2)c(C(=O)NC2CCCCCC2)c1. The Bertz CT molecular complexity index is 686. The topological polar surface area (TPSA) is 50.8 Å². The molecule has 2 saturated carbocycles. The van der Waals surface area contributed by atoms with Crippen molar-refractivity contribution in [2.24, 2.45) is 0 Å². The average Bonchev–Trinajstić information content (AvgIpc) is 3.20. The van der Waals surface area contributed by atoms with E-state index < -0.39 is 0 Å². The number of nitrogens with one attached hydrogen (secondary N) is 1. The maximum atomic E-state index is 13.1. The third kappa shape index (κ3) is 5.48. The molecule has 1 aromatic rings. The van der Waals surface area contributed by atoms with E-state index in [1.54, 1.807) is 7.11 Å². The van der Waals surface area contributed by atoms with E-state index in [4.69, 9.17) is 9.47 Å². The molecule has 166 valence electrons. The molecule has 1 aromatic carbocycles. The smallest absolute Gasteiger partial charge is 0.255 e. The highest BCUT2D eigenvalue weighted by Crippen LogP contribution is 2.30. The van der Waals surface area contributed by atoms with E-state index in [0.717, 1.165) is 44.8 Å². The fourth-order valence-corrected chi connectivity index (χ4v) is 5.41. The van der Waals surface area contributed by atoms with Crippen molar-refractivity contribution in [3.8, 4) is 11.5 Å². The van der Waals surface area contributed by atoms with Crippen LogP contribution in [0.15, 0.2) is 18.2 Å². The molecule has 3 fully saturated rings. The van der Waals surface area contributed by atoms with Crippen LogP contribution in [-0.2, 0) is 0 Å². The van der Waals surface area contributed by atoms with Crippen molar-refractivity contribution < 1.29 is 14.3 Å². The molecule has 0 aromatic heterocycles. The number of nitrogens with zero attached hydrogens (tertiary/aromatic N) is 1. The van der Waals surface area contributed by atoms with Crippen LogP contribution in [0.2, 0.25) is 0 Å². The van der Waals surface area contributed by atoms with Gasteiger partial charge in [0.25, 0.3) is 5.91 Å².